The normalized spacial score (nSPS) is 24.1. The van der Waals surface area contributed by atoms with Crippen LogP contribution in [0.2, 0.25) is 0 Å². The van der Waals surface area contributed by atoms with Crippen molar-refractivity contribution in [3.63, 3.8) is 0 Å². The second kappa shape index (κ2) is 3.43. The fourth-order valence-corrected chi connectivity index (χ4v) is 1.99. The van der Waals surface area contributed by atoms with Crippen LogP contribution in [-0.2, 0) is 14.6 Å². The number of hydrogen-bond donors (Lipinski definition) is 1. The van der Waals surface area contributed by atoms with E-state index in [1.807, 2.05) is 0 Å². The maximum Gasteiger partial charge on any atom is 0.223 e. The van der Waals surface area contributed by atoms with Crippen LogP contribution in [0.4, 0.5) is 0 Å². The van der Waals surface area contributed by atoms with E-state index in [2.05, 4.69) is 5.32 Å². The molecule has 0 saturated carbocycles. The van der Waals surface area contributed by atoms with Gasteiger partial charge in [-0.25, -0.2) is 8.42 Å². The quantitative estimate of drug-likeness (QED) is 0.657. The van der Waals surface area contributed by atoms with Crippen molar-refractivity contribution in [1.29, 1.82) is 0 Å². The molecule has 1 amide bonds. The Kier molecular flexibility index (Phi) is 2.72. The second-order valence-corrected chi connectivity index (χ2v) is 5.45. The highest BCUT2D eigenvalue weighted by Crippen LogP contribution is 2.14. The van der Waals surface area contributed by atoms with E-state index in [0.717, 1.165) is 6.42 Å². The molecule has 0 aromatic carbocycles. The average molecular weight is 191 g/mol. The average Bonchev–Trinajstić information content (AvgIpc) is 2.29. The van der Waals surface area contributed by atoms with Gasteiger partial charge in [0.1, 0.15) is 9.84 Å². The van der Waals surface area contributed by atoms with Crippen molar-refractivity contribution in [1.82, 2.24) is 5.32 Å². The molecule has 0 aliphatic carbocycles. The summed E-state index contributed by atoms with van der Waals surface area (Å²) in [5, 5.41) is 2.67. The largest absolute Gasteiger partial charge is 0.356 e. The van der Waals surface area contributed by atoms with Gasteiger partial charge in [-0.15, -0.1) is 0 Å². The second-order valence-electron chi connectivity index (χ2n) is 3.20. The highest BCUT2D eigenvalue weighted by atomic mass is 32.2. The Hall–Kier alpha value is -0.580. The molecule has 0 aromatic heterocycles. The predicted molar refractivity (Wildman–Crippen MR) is 45.4 cm³/mol. The molecule has 1 aliphatic heterocycles. The summed E-state index contributed by atoms with van der Waals surface area (Å²) in [7, 11) is -2.92. The van der Waals surface area contributed by atoms with E-state index in [-0.39, 0.29) is 17.6 Å². The lowest BCUT2D eigenvalue weighted by Gasteiger charge is -2.03. The first-order valence-electron chi connectivity index (χ1n) is 3.94. The van der Waals surface area contributed by atoms with Gasteiger partial charge in [-0.3, -0.25) is 4.79 Å². The third kappa shape index (κ3) is 2.81. The van der Waals surface area contributed by atoms with Gasteiger partial charge < -0.3 is 5.32 Å². The summed E-state index contributed by atoms with van der Waals surface area (Å²) in [6, 6.07) is 0. The van der Waals surface area contributed by atoms with Gasteiger partial charge in [-0.1, -0.05) is 0 Å². The van der Waals surface area contributed by atoms with Crippen molar-refractivity contribution >= 4 is 15.7 Å². The van der Waals surface area contributed by atoms with Crippen molar-refractivity contribution in [2.45, 2.75) is 12.8 Å². The van der Waals surface area contributed by atoms with E-state index in [1.165, 1.54) is 6.26 Å². The van der Waals surface area contributed by atoms with Crippen LogP contribution >= 0.6 is 0 Å². The molecule has 5 heteroatoms. The van der Waals surface area contributed by atoms with E-state index in [9.17, 15) is 13.2 Å². The Morgan fingerprint density at radius 3 is 2.67 bits per heavy atom. The topological polar surface area (TPSA) is 63.2 Å². The molecule has 1 atom stereocenters. The van der Waals surface area contributed by atoms with Crippen molar-refractivity contribution in [3.05, 3.63) is 0 Å². The summed E-state index contributed by atoms with van der Waals surface area (Å²) in [5.41, 5.74) is 0. The van der Waals surface area contributed by atoms with Crippen molar-refractivity contribution in [2.75, 3.05) is 18.6 Å². The monoisotopic (exact) mass is 191 g/mol. The van der Waals surface area contributed by atoms with Gasteiger partial charge in [-0.05, 0) is 12.8 Å². The van der Waals surface area contributed by atoms with Crippen LogP contribution < -0.4 is 5.32 Å². The zero-order valence-electron chi connectivity index (χ0n) is 7.04. The summed E-state index contributed by atoms with van der Waals surface area (Å²) < 4.78 is 21.5. The maximum atomic E-state index is 11.0. The van der Waals surface area contributed by atoms with Gasteiger partial charge in [0.2, 0.25) is 5.91 Å². The van der Waals surface area contributed by atoms with E-state index < -0.39 is 9.84 Å². The molecule has 70 valence electrons. The lowest BCUT2D eigenvalue weighted by Crippen LogP contribution is -2.20. The van der Waals surface area contributed by atoms with Gasteiger partial charge in [0.25, 0.3) is 0 Å². The third-order valence-electron chi connectivity index (χ3n) is 2.00. The van der Waals surface area contributed by atoms with Gasteiger partial charge in [0.15, 0.2) is 0 Å². The summed E-state index contributed by atoms with van der Waals surface area (Å²) in [6.07, 6.45) is 2.43. The van der Waals surface area contributed by atoms with Crippen molar-refractivity contribution in [2.24, 2.45) is 5.92 Å². The van der Waals surface area contributed by atoms with Gasteiger partial charge >= 0.3 is 0 Å². The molecular weight excluding hydrogens is 178 g/mol. The fourth-order valence-electron chi connectivity index (χ4n) is 1.28. The zero-order valence-corrected chi connectivity index (χ0v) is 7.86. The summed E-state index contributed by atoms with van der Waals surface area (Å²) in [6.45, 7) is 0.688. The highest BCUT2D eigenvalue weighted by Gasteiger charge is 2.24. The number of amides is 1. The standard InChI is InChI=1S/C7H13NO3S/c1-12(10,11)5-3-6-2-4-8-7(6)9/h6H,2-5H2,1H3,(H,8,9). The number of nitrogens with one attached hydrogen (secondary N) is 1. The predicted octanol–water partition coefficient (Wildman–Crippen LogP) is -0.443. The van der Waals surface area contributed by atoms with Gasteiger partial charge in [0.05, 0.1) is 5.75 Å². The van der Waals surface area contributed by atoms with E-state index >= 15 is 0 Å². The molecule has 0 aromatic rings. The minimum Gasteiger partial charge on any atom is -0.356 e. The molecule has 0 spiro atoms. The minimum absolute atomic E-state index is 0.00125. The molecule has 1 heterocycles. The smallest absolute Gasteiger partial charge is 0.223 e. The maximum absolute atomic E-state index is 11.0. The van der Waals surface area contributed by atoms with Crippen LogP contribution in [0, 0.1) is 5.92 Å². The Morgan fingerprint density at radius 2 is 2.25 bits per heavy atom. The lowest BCUT2D eigenvalue weighted by molar-refractivity contribution is -0.122. The summed E-state index contributed by atoms with van der Waals surface area (Å²) in [4.78, 5) is 11.0. The van der Waals surface area contributed by atoms with E-state index in [4.69, 9.17) is 0 Å². The highest BCUT2D eigenvalue weighted by molar-refractivity contribution is 7.90. The zero-order chi connectivity index (χ0) is 9.19. The minimum atomic E-state index is -2.92. The lowest BCUT2D eigenvalue weighted by atomic mass is 10.1. The van der Waals surface area contributed by atoms with Gasteiger partial charge in [0, 0.05) is 18.7 Å². The molecular formula is C7H13NO3S. The Labute approximate surface area is 72.3 Å². The fraction of sp³-hybridized carbons (Fsp3) is 0.857. The van der Waals surface area contributed by atoms with Crippen LogP contribution in [0.25, 0.3) is 0 Å². The van der Waals surface area contributed by atoms with Crippen LogP contribution in [0.1, 0.15) is 12.8 Å². The van der Waals surface area contributed by atoms with Crippen molar-refractivity contribution in [3.8, 4) is 0 Å². The molecule has 0 bridgehead atoms. The SMILES string of the molecule is CS(=O)(=O)CCC1CCNC1=O. The number of carbonyl (C=O) groups excluding carboxylic acids is 1. The first kappa shape index (κ1) is 9.51. The molecule has 1 fully saturated rings. The number of rotatable bonds is 3. The molecule has 1 rings (SSSR count). The van der Waals surface area contributed by atoms with Crippen LogP contribution in [-0.4, -0.2) is 32.9 Å². The third-order valence-corrected chi connectivity index (χ3v) is 2.98. The number of carbonyl (C=O) groups is 1. The summed E-state index contributed by atoms with van der Waals surface area (Å²) in [5.74, 6) is 0.0313. The van der Waals surface area contributed by atoms with Crippen LogP contribution in [0.15, 0.2) is 0 Å². The van der Waals surface area contributed by atoms with Crippen molar-refractivity contribution < 1.29 is 13.2 Å². The Bertz CT molecular complexity index is 270. The van der Waals surface area contributed by atoms with Crippen LogP contribution in [0.5, 0.6) is 0 Å². The Morgan fingerprint density at radius 1 is 1.58 bits per heavy atom. The number of sulfone groups is 1. The Balaban J connectivity index is 2.37. The summed E-state index contributed by atoms with van der Waals surface area (Å²) >= 11 is 0. The van der Waals surface area contributed by atoms with E-state index in [0.29, 0.717) is 13.0 Å². The molecule has 1 N–H and O–H groups in total. The molecule has 4 nitrogen and oxygen atoms in total. The van der Waals surface area contributed by atoms with Gasteiger partial charge in [-0.2, -0.15) is 0 Å². The number of hydrogen-bond acceptors (Lipinski definition) is 3. The molecule has 0 radical (unpaired) electrons. The first-order valence-corrected chi connectivity index (χ1v) is 6.00. The molecule has 1 aliphatic rings. The van der Waals surface area contributed by atoms with Crippen LogP contribution in [0.3, 0.4) is 0 Å². The molecule has 12 heavy (non-hydrogen) atoms. The van der Waals surface area contributed by atoms with E-state index in [1.54, 1.807) is 0 Å². The molecule has 1 saturated heterocycles. The first-order chi connectivity index (χ1) is 5.49. The molecule has 1 unspecified atom stereocenters.